The highest BCUT2D eigenvalue weighted by Crippen LogP contribution is 2.07. The van der Waals surface area contributed by atoms with Gasteiger partial charge in [0.2, 0.25) is 0 Å². The SMILES string of the molecule is [CH2-][N]C(C)[C@H](C)NC(=O)OC(C)(C)C. The van der Waals surface area contributed by atoms with Crippen LogP contribution in [0.15, 0.2) is 0 Å². The molecule has 0 saturated heterocycles. The quantitative estimate of drug-likeness (QED) is 0.705. The van der Waals surface area contributed by atoms with Gasteiger partial charge in [0.05, 0.1) is 0 Å². The first-order valence-electron chi connectivity index (χ1n) is 4.71. The van der Waals surface area contributed by atoms with Crippen LogP contribution in [0.2, 0.25) is 0 Å². The van der Waals surface area contributed by atoms with E-state index in [4.69, 9.17) is 4.74 Å². The number of ether oxygens (including phenoxy) is 1. The number of carbonyl (C=O) groups excluding carboxylic acids is 1. The van der Waals surface area contributed by atoms with Gasteiger partial charge in [-0.3, -0.25) is 7.05 Å². The Hall–Kier alpha value is -0.770. The summed E-state index contributed by atoms with van der Waals surface area (Å²) >= 11 is 0. The molecule has 0 aliphatic carbocycles. The molecule has 83 valence electrons. The minimum atomic E-state index is -0.464. The van der Waals surface area contributed by atoms with Crippen molar-refractivity contribution in [2.24, 2.45) is 0 Å². The van der Waals surface area contributed by atoms with E-state index in [9.17, 15) is 4.79 Å². The van der Waals surface area contributed by atoms with Crippen LogP contribution in [-0.4, -0.2) is 23.8 Å². The van der Waals surface area contributed by atoms with E-state index < -0.39 is 11.7 Å². The Labute approximate surface area is 86.4 Å². The number of hydrogen-bond donors (Lipinski definition) is 1. The third kappa shape index (κ3) is 5.80. The lowest BCUT2D eigenvalue weighted by Crippen LogP contribution is -2.44. The van der Waals surface area contributed by atoms with Gasteiger partial charge >= 0.3 is 6.09 Å². The number of alkyl carbamates (subject to hydrolysis) is 1. The molecule has 0 rings (SSSR count). The Morgan fingerprint density at radius 2 is 1.93 bits per heavy atom. The van der Waals surface area contributed by atoms with E-state index in [0.717, 1.165) is 0 Å². The fourth-order valence-corrected chi connectivity index (χ4v) is 0.772. The lowest BCUT2D eigenvalue weighted by molar-refractivity contribution is 0.0500. The van der Waals surface area contributed by atoms with Gasteiger partial charge in [-0.15, -0.1) is 0 Å². The van der Waals surface area contributed by atoms with Crippen molar-refractivity contribution in [3.8, 4) is 0 Å². The Morgan fingerprint density at radius 1 is 1.43 bits per heavy atom. The lowest BCUT2D eigenvalue weighted by Gasteiger charge is -2.25. The van der Waals surface area contributed by atoms with Crippen LogP contribution in [0.4, 0.5) is 4.79 Å². The van der Waals surface area contributed by atoms with Crippen LogP contribution < -0.4 is 10.6 Å². The molecule has 1 N–H and O–H groups in total. The van der Waals surface area contributed by atoms with Gasteiger partial charge in [-0.25, -0.2) is 4.79 Å². The molecule has 14 heavy (non-hydrogen) atoms. The molecule has 0 aromatic carbocycles. The molecule has 4 heteroatoms. The van der Waals surface area contributed by atoms with Crippen LogP contribution in [0.25, 0.3) is 0 Å². The molecule has 0 spiro atoms. The minimum absolute atomic E-state index is 0.0116. The third-order valence-corrected chi connectivity index (χ3v) is 1.76. The van der Waals surface area contributed by atoms with Crippen LogP contribution in [-0.2, 0) is 4.74 Å². The van der Waals surface area contributed by atoms with Gasteiger partial charge in [0.15, 0.2) is 0 Å². The molecule has 0 aromatic heterocycles. The summed E-state index contributed by atoms with van der Waals surface area (Å²) in [5.74, 6) is 0. The number of amides is 1. The predicted molar refractivity (Wildman–Crippen MR) is 55.8 cm³/mol. The molecule has 1 unspecified atom stereocenters. The van der Waals surface area contributed by atoms with Crippen LogP contribution in [0.5, 0.6) is 0 Å². The van der Waals surface area contributed by atoms with Crippen molar-refractivity contribution >= 4 is 6.09 Å². The van der Waals surface area contributed by atoms with Crippen LogP contribution >= 0.6 is 0 Å². The summed E-state index contributed by atoms with van der Waals surface area (Å²) in [5, 5.41) is 6.51. The molecule has 0 heterocycles. The first-order chi connectivity index (χ1) is 6.26. The van der Waals surface area contributed by atoms with Crippen LogP contribution in [0.1, 0.15) is 34.6 Å². The van der Waals surface area contributed by atoms with E-state index in [-0.39, 0.29) is 12.1 Å². The summed E-state index contributed by atoms with van der Waals surface area (Å²) in [6.45, 7) is 9.23. The molecule has 0 saturated carbocycles. The summed E-state index contributed by atoms with van der Waals surface area (Å²) in [6.07, 6.45) is -0.416. The van der Waals surface area contributed by atoms with E-state index in [1.165, 1.54) is 0 Å². The van der Waals surface area contributed by atoms with Gasteiger partial charge in [-0.2, -0.15) is 0 Å². The maximum absolute atomic E-state index is 11.3. The fourth-order valence-electron chi connectivity index (χ4n) is 0.772. The van der Waals surface area contributed by atoms with Crippen LogP contribution in [0, 0.1) is 7.05 Å². The van der Waals surface area contributed by atoms with Crippen molar-refractivity contribution in [3.05, 3.63) is 7.05 Å². The molecular weight excluding hydrogens is 180 g/mol. The van der Waals surface area contributed by atoms with Gasteiger partial charge in [0, 0.05) is 12.1 Å². The molecule has 2 atom stereocenters. The summed E-state index contributed by atoms with van der Waals surface area (Å²) in [4.78, 5) is 11.3. The highest BCUT2D eigenvalue weighted by molar-refractivity contribution is 5.68. The first kappa shape index (κ1) is 13.2. The van der Waals surface area contributed by atoms with E-state index in [2.05, 4.69) is 17.7 Å². The highest BCUT2D eigenvalue weighted by atomic mass is 16.6. The van der Waals surface area contributed by atoms with E-state index >= 15 is 0 Å². The standard InChI is InChI=1S/C10H20N2O2/c1-7(11-6)8(2)12-9(13)14-10(3,4)5/h7-8H,6H2,1-5H3,(H,12,13)/q-1/t7?,8-/m0/s1. The summed E-state index contributed by atoms with van der Waals surface area (Å²) < 4.78 is 5.09. The second kappa shape index (κ2) is 5.20. The monoisotopic (exact) mass is 200 g/mol. The highest BCUT2D eigenvalue weighted by Gasteiger charge is 2.18. The molecule has 1 radical (unpaired) electrons. The minimum Gasteiger partial charge on any atom is -0.444 e. The van der Waals surface area contributed by atoms with Crippen molar-refractivity contribution in [2.45, 2.75) is 52.3 Å². The Bertz CT molecular complexity index is 187. The second-order valence-corrected chi connectivity index (χ2v) is 4.36. The average molecular weight is 200 g/mol. The predicted octanol–water partition coefficient (Wildman–Crippen LogP) is 1.68. The smallest absolute Gasteiger partial charge is 0.407 e. The molecule has 4 nitrogen and oxygen atoms in total. The van der Waals surface area contributed by atoms with E-state index in [0.29, 0.717) is 0 Å². The number of carbonyl (C=O) groups is 1. The molecule has 0 aliphatic heterocycles. The normalized spacial score (nSPS) is 15.9. The van der Waals surface area contributed by atoms with Crippen LogP contribution in [0.3, 0.4) is 0 Å². The Balaban J connectivity index is 3.95. The molecule has 0 aliphatic rings. The summed E-state index contributed by atoms with van der Waals surface area (Å²) in [5.41, 5.74) is -0.464. The number of hydrogen-bond acceptors (Lipinski definition) is 2. The number of nitrogens with one attached hydrogen (secondary N) is 1. The van der Waals surface area contributed by atoms with E-state index in [1.54, 1.807) is 0 Å². The van der Waals surface area contributed by atoms with Crippen molar-refractivity contribution in [1.29, 1.82) is 0 Å². The number of rotatable bonds is 3. The van der Waals surface area contributed by atoms with Gasteiger partial charge < -0.3 is 15.4 Å². The zero-order valence-electron chi connectivity index (χ0n) is 9.63. The average Bonchev–Trinajstić information content (AvgIpc) is 1.99. The van der Waals surface area contributed by atoms with E-state index in [1.807, 2.05) is 34.6 Å². The Kier molecular flexibility index (Phi) is 4.91. The van der Waals surface area contributed by atoms with Gasteiger partial charge in [0.25, 0.3) is 0 Å². The fraction of sp³-hybridized carbons (Fsp3) is 0.800. The first-order valence-corrected chi connectivity index (χ1v) is 4.71. The third-order valence-electron chi connectivity index (χ3n) is 1.76. The maximum atomic E-state index is 11.3. The summed E-state index contributed by atoms with van der Waals surface area (Å²) in [6, 6.07) is -0.0788. The lowest BCUT2D eigenvalue weighted by atomic mass is 10.2. The second-order valence-electron chi connectivity index (χ2n) is 4.36. The summed E-state index contributed by atoms with van der Waals surface area (Å²) in [7, 11) is 3.42. The topological polar surface area (TPSA) is 52.4 Å². The van der Waals surface area contributed by atoms with Crippen molar-refractivity contribution in [1.82, 2.24) is 10.6 Å². The largest absolute Gasteiger partial charge is 0.444 e. The van der Waals surface area contributed by atoms with Gasteiger partial charge in [0.1, 0.15) is 5.60 Å². The molecule has 0 bridgehead atoms. The van der Waals surface area contributed by atoms with Gasteiger partial charge in [-0.1, -0.05) is 0 Å². The molecule has 1 amide bonds. The van der Waals surface area contributed by atoms with Gasteiger partial charge in [-0.05, 0) is 34.6 Å². The molecule has 0 fully saturated rings. The molecule has 0 aromatic rings. The Morgan fingerprint density at radius 3 is 2.29 bits per heavy atom. The maximum Gasteiger partial charge on any atom is 0.407 e. The molecular formula is C10H20N2O2-. The number of nitrogens with zero attached hydrogens (tertiary/aromatic N) is 1. The van der Waals surface area contributed by atoms with Crippen molar-refractivity contribution < 1.29 is 9.53 Å². The zero-order chi connectivity index (χ0) is 11.4. The van der Waals surface area contributed by atoms with Crippen molar-refractivity contribution in [2.75, 3.05) is 0 Å². The van der Waals surface area contributed by atoms with Crippen molar-refractivity contribution in [3.63, 3.8) is 0 Å². The zero-order valence-corrected chi connectivity index (χ0v) is 9.63.